The molecule has 0 bridgehead atoms. The van der Waals surface area contributed by atoms with Crippen molar-refractivity contribution in [2.75, 3.05) is 5.32 Å². The highest BCUT2D eigenvalue weighted by atomic mass is 15.6. The van der Waals surface area contributed by atoms with E-state index < -0.39 is 0 Å². The van der Waals surface area contributed by atoms with Gasteiger partial charge in [0.05, 0.1) is 6.04 Å². The average Bonchev–Trinajstić information content (AvgIpc) is 2.76. The lowest BCUT2D eigenvalue weighted by molar-refractivity contribution is 0.590. The minimum atomic E-state index is 0.324. The minimum Gasteiger partial charge on any atom is -0.346 e. The van der Waals surface area contributed by atoms with Gasteiger partial charge in [0.2, 0.25) is 5.95 Å². The fourth-order valence-electron chi connectivity index (χ4n) is 2.41. The number of benzene rings is 1. The van der Waals surface area contributed by atoms with Gasteiger partial charge in [0.25, 0.3) is 0 Å². The summed E-state index contributed by atoms with van der Waals surface area (Å²) >= 11 is 0. The van der Waals surface area contributed by atoms with Gasteiger partial charge in [0.1, 0.15) is 0 Å². The van der Waals surface area contributed by atoms with Crippen LogP contribution in [0.4, 0.5) is 5.95 Å². The molecule has 17 heavy (non-hydrogen) atoms. The number of aryl methyl sites for hydroxylation is 2. The third-order valence-electron chi connectivity index (χ3n) is 3.29. The predicted octanol–water partition coefficient (Wildman–Crippen LogP) is 1.70. The van der Waals surface area contributed by atoms with Gasteiger partial charge in [-0.2, -0.15) is 0 Å². The number of anilines is 1. The maximum absolute atomic E-state index is 3.97. The third-order valence-corrected chi connectivity index (χ3v) is 3.29. The molecule has 5 nitrogen and oxygen atoms in total. The Labute approximate surface area is 99.8 Å². The lowest BCUT2D eigenvalue weighted by Gasteiger charge is -2.26. The Morgan fingerprint density at radius 1 is 1.35 bits per heavy atom. The lowest BCUT2D eigenvalue weighted by Crippen LogP contribution is -2.19. The second-order valence-electron chi connectivity index (χ2n) is 4.41. The highest BCUT2D eigenvalue weighted by molar-refractivity contribution is 5.38. The van der Waals surface area contributed by atoms with Crippen LogP contribution in [0.2, 0.25) is 0 Å². The third kappa shape index (κ3) is 1.88. The molecule has 1 aliphatic carbocycles. The van der Waals surface area contributed by atoms with Gasteiger partial charge in [-0.15, -0.1) is 0 Å². The van der Waals surface area contributed by atoms with Gasteiger partial charge in [0.15, 0.2) is 0 Å². The first-order valence-corrected chi connectivity index (χ1v) is 5.91. The molecule has 1 aromatic heterocycles. The Morgan fingerprint density at radius 2 is 2.24 bits per heavy atom. The van der Waals surface area contributed by atoms with E-state index in [4.69, 9.17) is 0 Å². The summed E-state index contributed by atoms with van der Waals surface area (Å²) in [6.45, 7) is 0. The molecule has 0 amide bonds. The quantitative estimate of drug-likeness (QED) is 0.851. The molecule has 0 saturated heterocycles. The maximum atomic E-state index is 3.97. The Kier molecular flexibility index (Phi) is 2.51. The zero-order valence-electron chi connectivity index (χ0n) is 9.80. The smallest absolute Gasteiger partial charge is 0.243 e. The van der Waals surface area contributed by atoms with Crippen LogP contribution >= 0.6 is 0 Å². The molecule has 0 saturated carbocycles. The highest BCUT2D eigenvalue weighted by Crippen LogP contribution is 2.31. The summed E-state index contributed by atoms with van der Waals surface area (Å²) in [5.41, 5.74) is 2.81. The van der Waals surface area contributed by atoms with Gasteiger partial charge in [0, 0.05) is 7.05 Å². The zero-order chi connectivity index (χ0) is 11.7. The van der Waals surface area contributed by atoms with E-state index in [2.05, 4.69) is 45.1 Å². The van der Waals surface area contributed by atoms with E-state index in [0.717, 1.165) is 12.4 Å². The van der Waals surface area contributed by atoms with Crippen molar-refractivity contribution in [3.63, 3.8) is 0 Å². The summed E-state index contributed by atoms with van der Waals surface area (Å²) < 4.78 is 1.66. The van der Waals surface area contributed by atoms with E-state index in [1.807, 2.05) is 7.05 Å². The average molecular weight is 229 g/mol. The number of rotatable bonds is 2. The van der Waals surface area contributed by atoms with Crippen LogP contribution in [-0.2, 0) is 13.5 Å². The van der Waals surface area contributed by atoms with Crippen LogP contribution in [0.25, 0.3) is 0 Å². The molecule has 3 rings (SSSR count). The zero-order valence-corrected chi connectivity index (χ0v) is 9.80. The molecular formula is C12H15N5. The number of hydrogen-bond donors (Lipinski definition) is 1. The van der Waals surface area contributed by atoms with Crippen molar-refractivity contribution in [2.45, 2.75) is 25.3 Å². The molecule has 88 valence electrons. The van der Waals surface area contributed by atoms with Crippen LogP contribution < -0.4 is 5.32 Å². The molecule has 1 atom stereocenters. The summed E-state index contributed by atoms with van der Waals surface area (Å²) in [5.74, 6) is 0.728. The summed E-state index contributed by atoms with van der Waals surface area (Å²) in [6, 6.07) is 8.91. The van der Waals surface area contributed by atoms with Crippen LogP contribution in [-0.4, -0.2) is 20.2 Å². The molecule has 0 radical (unpaired) electrons. The summed E-state index contributed by atoms with van der Waals surface area (Å²) in [6.07, 6.45) is 3.51. The first-order valence-electron chi connectivity index (χ1n) is 5.91. The van der Waals surface area contributed by atoms with Gasteiger partial charge in [-0.05, 0) is 40.8 Å². The molecule has 2 aromatic rings. The van der Waals surface area contributed by atoms with Gasteiger partial charge < -0.3 is 5.32 Å². The van der Waals surface area contributed by atoms with E-state index in [9.17, 15) is 0 Å². The normalized spacial score (nSPS) is 18.8. The van der Waals surface area contributed by atoms with E-state index in [0.29, 0.717) is 6.04 Å². The molecule has 5 heteroatoms. The van der Waals surface area contributed by atoms with Crippen molar-refractivity contribution in [3.8, 4) is 0 Å². The fraction of sp³-hybridized carbons (Fsp3) is 0.417. The van der Waals surface area contributed by atoms with Crippen LogP contribution in [0.15, 0.2) is 24.3 Å². The molecule has 1 unspecified atom stereocenters. The first kappa shape index (κ1) is 10.3. The van der Waals surface area contributed by atoms with Crippen LogP contribution in [0.3, 0.4) is 0 Å². The molecule has 1 aliphatic rings. The van der Waals surface area contributed by atoms with Gasteiger partial charge in [-0.25, -0.2) is 4.68 Å². The molecule has 1 N–H and O–H groups in total. The summed E-state index contributed by atoms with van der Waals surface area (Å²) in [7, 11) is 1.84. The van der Waals surface area contributed by atoms with Gasteiger partial charge >= 0.3 is 0 Å². The number of nitrogens with one attached hydrogen (secondary N) is 1. The van der Waals surface area contributed by atoms with Crippen LogP contribution in [0.1, 0.15) is 30.0 Å². The van der Waals surface area contributed by atoms with Crippen molar-refractivity contribution in [1.29, 1.82) is 0 Å². The first-order chi connectivity index (χ1) is 8.34. The summed E-state index contributed by atoms with van der Waals surface area (Å²) in [5, 5.41) is 14.9. The summed E-state index contributed by atoms with van der Waals surface area (Å²) in [4.78, 5) is 0. The van der Waals surface area contributed by atoms with Crippen molar-refractivity contribution >= 4 is 5.95 Å². The molecule has 1 aromatic carbocycles. The number of fused-ring (bicyclic) bond motifs is 1. The monoisotopic (exact) mass is 229 g/mol. The molecule has 0 aliphatic heterocycles. The van der Waals surface area contributed by atoms with E-state index in [1.54, 1.807) is 4.68 Å². The van der Waals surface area contributed by atoms with Crippen molar-refractivity contribution < 1.29 is 0 Å². The van der Waals surface area contributed by atoms with Crippen molar-refractivity contribution in [1.82, 2.24) is 20.2 Å². The van der Waals surface area contributed by atoms with Crippen molar-refractivity contribution in [3.05, 3.63) is 35.4 Å². The highest BCUT2D eigenvalue weighted by Gasteiger charge is 2.20. The van der Waals surface area contributed by atoms with Gasteiger partial charge in [-0.3, -0.25) is 0 Å². The van der Waals surface area contributed by atoms with E-state index >= 15 is 0 Å². The Balaban J connectivity index is 1.88. The Morgan fingerprint density at radius 3 is 3.06 bits per heavy atom. The van der Waals surface area contributed by atoms with E-state index in [1.165, 1.54) is 24.0 Å². The Bertz CT molecular complexity index is 519. The minimum absolute atomic E-state index is 0.324. The number of nitrogens with zero attached hydrogens (tertiary/aromatic N) is 4. The molecule has 0 fully saturated rings. The molecular weight excluding hydrogens is 214 g/mol. The number of aromatic nitrogens is 4. The molecule has 0 spiro atoms. The standard InChI is InChI=1S/C12H15N5/c1-17-12(14-15-16-17)13-11-8-4-6-9-5-2-3-7-10(9)11/h2-3,5,7,11H,4,6,8H2,1H3,(H,13,14,16). The van der Waals surface area contributed by atoms with E-state index in [-0.39, 0.29) is 0 Å². The van der Waals surface area contributed by atoms with Crippen LogP contribution in [0.5, 0.6) is 0 Å². The predicted molar refractivity (Wildman–Crippen MR) is 64.5 cm³/mol. The van der Waals surface area contributed by atoms with Gasteiger partial charge in [-0.1, -0.05) is 29.4 Å². The van der Waals surface area contributed by atoms with Crippen molar-refractivity contribution in [2.24, 2.45) is 7.05 Å². The number of tetrazole rings is 1. The second kappa shape index (κ2) is 4.16. The topological polar surface area (TPSA) is 55.6 Å². The lowest BCUT2D eigenvalue weighted by atomic mass is 9.88. The number of hydrogen-bond acceptors (Lipinski definition) is 4. The van der Waals surface area contributed by atoms with Crippen LogP contribution in [0, 0.1) is 0 Å². The fourth-order valence-corrected chi connectivity index (χ4v) is 2.41. The maximum Gasteiger partial charge on any atom is 0.243 e. The SMILES string of the molecule is Cn1nnnc1NC1CCCc2ccccc21. The Hall–Kier alpha value is -1.91. The largest absolute Gasteiger partial charge is 0.346 e. The second-order valence-corrected chi connectivity index (χ2v) is 4.41. The molecule has 1 heterocycles.